The third-order valence-corrected chi connectivity index (χ3v) is 2.69. The Morgan fingerprint density at radius 3 is 1.35 bits per heavy atom. The molecule has 0 amide bonds. The van der Waals surface area contributed by atoms with Crippen LogP contribution in [0.3, 0.4) is 0 Å². The second kappa shape index (κ2) is 9.61. The third kappa shape index (κ3) is 8.34. The third-order valence-electron chi connectivity index (χ3n) is 2.69. The van der Waals surface area contributed by atoms with Gasteiger partial charge in [-0.3, -0.25) is 5.57 Å². The van der Waals surface area contributed by atoms with Crippen molar-refractivity contribution >= 4 is 0 Å². The molecule has 0 saturated heterocycles. The Labute approximate surface area is 118 Å². The maximum absolute atomic E-state index is 5.68. The summed E-state index contributed by atoms with van der Waals surface area (Å²) in [6, 6.07) is 8.47. The van der Waals surface area contributed by atoms with Gasteiger partial charge in [0.15, 0.2) is 0 Å². The maximum Gasteiger partial charge on any atom is 2.00 e. The van der Waals surface area contributed by atoms with Crippen molar-refractivity contribution in [3.05, 3.63) is 42.0 Å². The smallest absolute Gasteiger partial charge is 0.514 e. The van der Waals surface area contributed by atoms with Crippen LogP contribution in [0.4, 0.5) is 0 Å². The van der Waals surface area contributed by atoms with Gasteiger partial charge in [0.25, 0.3) is 0 Å². The fraction of sp³-hybridized carbons (Fsp3) is 0.562. The van der Waals surface area contributed by atoms with Crippen LogP contribution in [-0.2, 0) is 16.8 Å². The molecule has 1 rings (SSSR count). The maximum atomic E-state index is 5.68. The minimum atomic E-state index is 0. The zero-order valence-corrected chi connectivity index (χ0v) is 13.0. The Hall–Kier alpha value is -0.404. The minimum Gasteiger partial charge on any atom is -0.514 e. The van der Waals surface area contributed by atoms with Crippen molar-refractivity contribution in [1.82, 2.24) is 0 Å². The van der Waals surface area contributed by atoms with E-state index in [1.165, 1.54) is 5.56 Å². The molecule has 0 saturated carbocycles. The topological polar surface area (TPSA) is 0 Å². The van der Waals surface area contributed by atoms with E-state index in [2.05, 4.69) is 65.8 Å². The molecule has 1 aromatic carbocycles. The van der Waals surface area contributed by atoms with Crippen molar-refractivity contribution in [3.8, 4) is 0 Å². The zero-order valence-electron chi connectivity index (χ0n) is 12.0. The molecular formula is C16H26Co. The standard InChI is InChI=1S/C8H11.C8H15.Co/c1-7(2)8-5-3-4-6-8;1-6(2)8(5)7(3)4;/h3-7H,1-2H3;5-7H,1-4H3;/q2*-1;+2. The molecule has 0 spiro atoms. The second-order valence-electron chi connectivity index (χ2n) is 5.18. The van der Waals surface area contributed by atoms with Crippen LogP contribution in [0.25, 0.3) is 0 Å². The molecule has 0 unspecified atom stereocenters. The summed E-state index contributed by atoms with van der Waals surface area (Å²) >= 11 is 0. The summed E-state index contributed by atoms with van der Waals surface area (Å²) in [7, 11) is 0. The molecule has 1 heteroatoms. The average molecular weight is 277 g/mol. The van der Waals surface area contributed by atoms with Crippen LogP contribution in [0.2, 0.25) is 0 Å². The van der Waals surface area contributed by atoms with Gasteiger partial charge in [-0.15, -0.1) is 0 Å². The molecule has 0 N–H and O–H groups in total. The zero-order chi connectivity index (χ0) is 12.7. The van der Waals surface area contributed by atoms with Crippen molar-refractivity contribution in [1.29, 1.82) is 0 Å². The van der Waals surface area contributed by atoms with Crippen molar-refractivity contribution in [2.24, 2.45) is 11.8 Å². The van der Waals surface area contributed by atoms with Crippen molar-refractivity contribution in [2.45, 2.75) is 47.5 Å². The molecule has 0 atom stereocenters. The average Bonchev–Trinajstić information content (AvgIpc) is 2.70. The Morgan fingerprint density at radius 2 is 1.24 bits per heavy atom. The van der Waals surface area contributed by atoms with Gasteiger partial charge < -0.3 is 6.58 Å². The van der Waals surface area contributed by atoms with E-state index in [0.29, 0.717) is 17.8 Å². The molecule has 1 radical (unpaired) electrons. The molecule has 0 aliphatic carbocycles. The van der Waals surface area contributed by atoms with Crippen LogP contribution >= 0.6 is 0 Å². The van der Waals surface area contributed by atoms with Gasteiger partial charge in [0.1, 0.15) is 0 Å². The fourth-order valence-electron chi connectivity index (χ4n) is 1.44. The number of hydrogen-bond acceptors (Lipinski definition) is 0. The molecular weight excluding hydrogens is 251 g/mol. The summed E-state index contributed by atoms with van der Waals surface area (Å²) in [5.41, 5.74) is 2.54. The van der Waals surface area contributed by atoms with E-state index in [0.717, 1.165) is 5.57 Å². The van der Waals surface area contributed by atoms with Crippen LogP contribution < -0.4 is 0 Å². The molecule has 0 nitrogen and oxygen atoms in total. The first-order valence-electron chi connectivity index (χ1n) is 6.20. The molecule has 0 heterocycles. The summed E-state index contributed by atoms with van der Waals surface area (Å²) in [6.07, 6.45) is 0. The van der Waals surface area contributed by atoms with Gasteiger partial charge in [0.05, 0.1) is 0 Å². The first-order chi connectivity index (χ1) is 7.36. The SMILES string of the molecule is CC(C)[c-]1cccc1.[CH-]=C(C(C)C)C(C)C.[Co+2]. The molecule has 0 bridgehead atoms. The largest absolute Gasteiger partial charge is 2.00 e. The van der Waals surface area contributed by atoms with E-state index in [-0.39, 0.29) is 16.8 Å². The molecule has 0 aliphatic heterocycles. The van der Waals surface area contributed by atoms with E-state index in [4.69, 9.17) is 6.58 Å². The van der Waals surface area contributed by atoms with Gasteiger partial charge in [0, 0.05) is 0 Å². The second-order valence-corrected chi connectivity index (χ2v) is 5.18. The van der Waals surface area contributed by atoms with Crippen molar-refractivity contribution in [2.75, 3.05) is 0 Å². The van der Waals surface area contributed by atoms with Crippen LogP contribution in [-0.4, -0.2) is 0 Å². The summed E-state index contributed by atoms with van der Waals surface area (Å²) in [5.74, 6) is 1.76. The molecule has 0 fully saturated rings. The fourth-order valence-corrected chi connectivity index (χ4v) is 1.44. The normalized spacial score (nSPS) is 9.94. The number of hydrogen-bond donors (Lipinski definition) is 0. The van der Waals surface area contributed by atoms with E-state index in [1.54, 1.807) is 0 Å². The Bertz CT molecular complexity index is 268. The number of rotatable bonds is 3. The molecule has 99 valence electrons. The summed E-state index contributed by atoms with van der Waals surface area (Å²) < 4.78 is 0. The van der Waals surface area contributed by atoms with Crippen molar-refractivity contribution in [3.63, 3.8) is 0 Å². The van der Waals surface area contributed by atoms with E-state index in [1.807, 2.05) is 0 Å². The minimum absolute atomic E-state index is 0. The van der Waals surface area contributed by atoms with E-state index < -0.39 is 0 Å². The molecule has 17 heavy (non-hydrogen) atoms. The van der Waals surface area contributed by atoms with Gasteiger partial charge in [-0.05, 0) is 0 Å². The first kappa shape index (κ1) is 18.9. The monoisotopic (exact) mass is 277 g/mol. The van der Waals surface area contributed by atoms with Crippen LogP contribution in [0.1, 0.15) is 53.0 Å². The number of allylic oxidation sites excluding steroid dienone is 1. The van der Waals surface area contributed by atoms with Crippen LogP contribution in [0, 0.1) is 18.4 Å². The van der Waals surface area contributed by atoms with Crippen LogP contribution in [0.5, 0.6) is 0 Å². The van der Waals surface area contributed by atoms with E-state index >= 15 is 0 Å². The molecule has 0 aromatic heterocycles. The predicted octanol–water partition coefficient (Wildman–Crippen LogP) is 5.18. The quantitative estimate of drug-likeness (QED) is 0.667. The Balaban J connectivity index is 0. The van der Waals surface area contributed by atoms with Crippen LogP contribution in [0.15, 0.2) is 29.8 Å². The van der Waals surface area contributed by atoms with Gasteiger partial charge in [0.2, 0.25) is 0 Å². The summed E-state index contributed by atoms with van der Waals surface area (Å²) in [6.45, 7) is 18.6. The van der Waals surface area contributed by atoms with Gasteiger partial charge in [-0.2, -0.15) is 17.7 Å². The van der Waals surface area contributed by atoms with E-state index in [9.17, 15) is 0 Å². The Kier molecular flexibility index (Phi) is 10.7. The van der Waals surface area contributed by atoms with Gasteiger partial charge in [-0.25, -0.2) is 12.1 Å². The first-order valence-corrected chi connectivity index (χ1v) is 6.20. The Morgan fingerprint density at radius 1 is 0.882 bits per heavy atom. The molecule has 0 aliphatic rings. The predicted molar refractivity (Wildman–Crippen MR) is 73.6 cm³/mol. The summed E-state index contributed by atoms with van der Waals surface area (Å²) in [5, 5.41) is 0. The van der Waals surface area contributed by atoms with Gasteiger partial charge >= 0.3 is 16.8 Å². The van der Waals surface area contributed by atoms with Crippen molar-refractivity contribution < 1.29 is 16.8 Å². The summed E-state index contributed by atoms with van der Waals surface area (Å²) in [4.78, 5) is 0. The molecule has 1 aromatic rings. The van der Waals surface area contributed by atoms with Gasteiger partial charge in [-0.1, -0.05) is 59.3 Å².